The first-order chi connectivity index (χ1) is 28.2. The van der Waals surface area contributed by atoms with Gasteiger partial charge in [0.15, 0.2) is 0 Å². The van der Waals surface area contributed by atoms with E-state index in [-0.39, 0.29) is 11.8 Å². The molecule has 0 fully saturated rings. The Bertz CT molecular complexity index is 3230. The fraction of sp³-hybridized carbons (Fsp3) is 0.0385. The van der Waals surface area contributed by atoms with Gasteiger partial charge in [0.05, 0.1) is 5.70 Å². The topological polar surface area (TPSA) is 6.48 Å². The zero-order valence-corrected chi connectivity index (χ0v) is 33.2. The van der Waals surface area contributed by atoms with Gasteiger partial charge in [0, 0.05) is 101 Å². The molecule has 2 aliphatic carbocycles. The minimum absolute atomic E-state index is 0.247. The van der Waals surface area contributed by atoms with Gasteiger partial charge in [-0.1, -0.05) is 115 Å². The molecule has 2 atom stereocenters. The average Bonchev–Trinajstić information content (AvgIpc) is 3.96. The van der Waals surface area contributed by atoms with Gasteiger partial charge in [0.2, 0.25) is 0 Å². The molecule has 0 saturated carbocycles. The third kappa shape index (κ3) is 5.34. The number of rotatable bonds is 6. The van der Waals surface area contributed by atoms with Crippen LogP contribution in [0.25, 0.3) is 56.1 Å². The lowest BCUT2D eigenvalue weighted by Gasteiger charge is -2.35. The van der Waals surface area contributed by atoms with Crippen LogP contribution in [0.3, 0.4) is 0 Å². The number of hydrogen-bond acceptors (Lipinski definition) is 5. The quantitative estimate of drug-likeness (QED) is 0.166. The minimum Gasteiger partial charge on any atom is -0.310 e. The summed E-state index contributed by atoms with van der Waals surface area (Å²) in [6.07, 6.45) is 11.8. The second-order valence-corrected chi connectivity index (χ2v) is 18.1. The molecular formula is C52H34N2S3. The van der Waals surface area contributed by atoms with Gasteiger partial charge < -0.3 is 9.80 Å². The van der Waals surface area contributed by atoms with E-state index in [0.717, 1.165) is 17.1 Å². The second-order valence-electron chi connectivity index (χ2n) is 14.8. The number of hydrogen-bond donors (Lipinski definition) is 0. The Labute approximate surface area is 342 Å². The first-order valence-electron chi connectivity index (χ1n) is 19.4. The summed E-state index contributed by atoms with van der Waals surface area (Å²) >= 11 is 5.71. The van der Waals surface area contributed by atoms with E-state index in [1.54, 1.807) is 0 Å². The second kappa shape index (κ2) is 13.2. The molecule has 3 aromatic heterocycles. The van der Waals surface area contributed by atoms with E-state index in [2.05, 4.69) is 204 Å². The third-order valence-corrected chi connectivity index (χ3v) is 15.1. The maximum absolute atomic E-state index is 2.55. The van der Waals surface area contributed by atoms with Crippen LogP contribution in [0, 0.1) is 5.92 Å². The van der Waals surface area contributed by atoms with Gasteiger partial charge in [0.1, 0.15) is 0 Å². The molecule has 3 heterocycles. The first kappa shape index (κ1) is 33.0. The summed E-state index contributed by atoms with van der Waals surface area (Å²) in [4.78, 5) is 6.34. The van der Waals surface area contributed by atoms with E-state index in [4.69, 9.17) is 0 Å². The van der Waals surface area contributed by atoms with Crippen molar-refractivity contribution in [3.63, 3.8) is 0 Å². The molecular weight excluding hydrogens is 749 g/mol. The fourth-order valence-electron chi connectivity index (χ4n) is 8.98. The van der Waals surface area contributed by atoms with Crippen LogP contribution < -0.4 is 9.80 Å². The van der Waals surface area contributed by atoms with Crippen molar-refractivity contribution in [3.8, 4) is 0 Å². The van der Waals surface area contributed by atoms with Crippen LogP contribution in [-0.2, 0) is 0 Å². The van der Waals surface area contributed by atoms with Crippen LogP contribution in [-0.4, -0.2) is 0 Å². The molecule has 2 aliphatic rings. The predicted molar refractivity (Wildman–Crippen MR) is 250 cm³/mol. The summed E-state index contributed by atoms with van der Waals surface area (Å²) < 4.78 is 6.56. The lowest BCUT2D eigenvalue weighted by Crippen LogP contribution is -2.23. The van der Waals surface area contributed by atoms with Gasteiger partial charge >= 0.3 is 0 Å². The number of fused-ring (bicyclic) bond motifs is 11. The molecule has 0 saturated heterocycles. The van der Waals surface area contributed by atoms with Crippen molar-refractivity contribution < 1.29 is 0 Å². The maximum Gasteiger partial charge on any atom is 0.0518 e. The van der Waals surface area contributed by atoms with Crippen LogP contribution in [0.1, 0.15) is 16.4 Å². The van der Waals surface area contributed by atoms with Crippen LogP contribution in [0.2, 0.25) is 0 Å². The van der Waals surface area contributed by atoms with Crippen LogP contribution >= 0.6 is 34.0 Å². The molecule has 0 spiro atoms. The molecule has 7 aromatic carbocycles. The number of thiophene rings is 3. The molecule has 270 valence electrons. The zero-order chi connectivity index (χ0) is 37.5. The summed E-state index contributed by atoms with van der Waals surface area (Å²) in [5.41, 5.74) is 8.37. The molecule has 0 N–H and O–H groups in total. The number of anilines is 5. The van der Waals surface area contributed by atoms with Gasteiger partial charge in [-0.15, -0.1) is 34.0 Å². The number of benzene rings is 7. The van der Waals surface area contributed by atoms with Crippen molar-refractivity contribution in [2.24, 2.45) is 5.92 Å². The van der Waals surface area contributed by atoms with E-state index in [1.165, 1.54) is 77.9 Å². The molecule has 10 aromatic rings. The van der Waals surface area contributed by atoms with Gasteiger partial charge in [-0.25, -0.2) is 0 Å². The predicted octanol–water partition coefficient (Wildman–Crippen LogP) is 16.1. The zero-order valence-electron chi connectivity index (χ0n) is 30.7. The number of nitrogens with zero attached hydrogens (tertiary/aromatic N) is 2. The largest absolute Gasteiger partial charge is 0.310 e. The molecule has 0 radical (unpaired) electrons. The standard InChI is InChI=1S/C52H34N2S3/c1-3-14-34(15-4-1)53(35-16-5-2-6-17-35)37-24-27-43-50(31-37)57-52-39-18-8-7-13-33(39)29-45(51(43)52)54(36-25-28-48-44(30-36)41-20-10-12-22-47(41)55-48)38-23-26-42-40-19-9-11-21-46(40)56-49(42)32-38/h1-33,39H. The Balaban J connectivity index is 1.09. The van der Waals surface area contributed by atoms with Crippen LogP contribution in [0.15, 0.2) is 194 Å². The average molecular weight is 783 g/mol. The molecule has 0 amide bonds. The maximum atomic E-state index is 2.55. The monoisotopic (exact) mass is 782 g/mol. The van der Waals surface area contributed by atoms with Crippen molar-refractivity contribution >= 4 is 119 Å². The smallest absolute Gasteiger partial charge is 0.0518 e. The van der Waals surface area contributed by atoms with Crippen LogP contribution in [0.4, 0.5) is 28.4 Å². The van der Waals surface area contributed by atoms with Gasteiger partial charge in [0.25, 0.3) is 0 Å². The molecule has 5 heteroatoms. The van der Waals surface area contributed by atoms with E-state index in [0.29, 0.717) is 0 Å². The molecule has 57 heavy (non-hydrogen) atoms. The summed E-state index contributed by atoms with van der Waals surface area (Å²) in [5.74, 6) is 0.528. The van der Waals surface area contributed by atoms with Crippen molar-refractivity contribution in [1.29, 1.82) is 0 Å². The van der Waals surface area contributed by atoms with Gasteiger partial charge in [-0.3, -0.25) is 0 Å². The SMILES string of the molecule is C1=CC2C=C(N(c3ccc4c(c3)sc3ccccc34)c3ccc4sc5ccccc5c4c3)c3c(sc4cc(N(c5ccccc5)c5ccccc5)ccc34)C2C=C1. The Morgan fingerprint density at radius 1 is 0.368 bits per heavy atom. The molecule has 12 rings (SSSR count). The Morgan fingerprint density at radius 3 is 1.63 bits per heavy atom. The number of para-hydroxylation sites is 2. The highest BCUT2D eigenvalue weighted by Crippen LogP contribution is 2.53. The Morgan fingerprint density at radius 2 is 0.895 bits per heavy atom. The highest BCUT2D eigenvalue weighted by molar-refractivity contribution is 7.26. The van der Waals surface area contributed by atoms with Crippen molar-refractivity contribution in [3.05, 3.63) is 205 Å². The van der Waals surface area contributed by atoms with Crippen LogP contribution in [0.5, 0.6) is 0 Å². The summed E-state index contributed by atoms with van der Waals surface area (Å²) in [6, 6.07) is 60.3. The Kier molecular flexibility index (Phi) is 7.62. The minimum atomic E-state index is 0.247. The van der Waals surface area contributed by atoms with Crippen molar-refractivity contribution in [2.75, 3.05) is 9.80 Å². The summed E-state index contributed by atoms with van der Waals surface area (Å²) in [6.45, 7) is 0. The van der Waals surface area contributed by atoms with E-state index in [1.807, 2.05) is 34.0 Å². The summed E-state index contributed by atoms with van der Waals surface area (Å²) in [5, 5.41) is 6.54. The van der Waals surface area contributed by atoms with Crippen molar-refractivity contribution in [1.82, 2.24) is 0 Å². The Hall–Kier alpha value is -6.24. The van der Waals surface area contributed by atoms with E-state index >= 15 is 0 Å². The molecule has 0 aliphatic heterocycles. The van der Waals surface area contributed by atoms with Gasteiger partial charge in [-0.2, -0.15) is 0 Å². The highest BCUT2D eigenvalue weighted by atomic mass is 32.1. The molecule has 2 nitrogen and oxygen atoms in total. The third-order valence-electron chi connectivity index (χ3n) is 11.6. The van der Waals surface area contributed by atoms with E-state index in [9.17, 15) is 0 Å². The van der Waals surface area contributed by atoms with Crippen molar-refractivity contribution in [2.45, 2.75) is 5.92 Å². The van der Waals surface area contributed by atoms with Gasteiger partial charge in [-0.05, 0) is 78.9 Å². The fourth-order valence-corrected chi connectivity index (χ4v) is 12.6. The number of allylic oxidation sites excluding steroid dienone is 5. The molecule has 0 bridgehead atoms. The first-order valence-corrected chi connectivity index (χ1v) is 21.9. The molecule has 2 unspecified atom stereocenters. The van der Waals surface area contributed by atoms with E-state index < -0.39 is 0 Å². The lowest BCUT2D eigenvalue weighted by molar-refractivity contribution is 0.700. The lowest BCUT2D eigenvalue weighted by atomic mass is 9.79. The summed E-state index contributed by atoms with van der Waals surface area (Å²) in [7, 11) is 0. The highest BCUT2D eigenvalue weighted by Gasteiger charge is 2.35. The normalized spacial score (nSPS) is 16.0.